The number of aryl methyl sites for hydroxylation is 1. The fourth-order valence-corrected chi connectivity index (χ4v) is 3.61. The Hall–Kier alpha value is -3.93. The monoisotopic (exact) mass is 447 g/mol. The standard InChI is InChI=1S/C27H23F2NO3/c1-4-32-25-14-26-22(23(15-33-26)18-6-8-19(28)9-7-18)13-21(25)17(3)11-27(31)30-20-10-5-16(2)24(29)12-20/h5-15H,4H2,1-3H3,(H,30,31)/b17-11+. The second-order valence-corrected chi connectivity index (χ2v) is 7.71. The van der Waals surface area contributed by atoms with Crippen LogP contribution in [0.5, 0.6) is 5.75 Å². The Morgan fingerprint density at radius 3 is 2.55 bits per heavy atom. The topological polar surface area (TPSA) is 51.5 Å². The zero-order valence-corrected chi connectivity index (χ0v) is 18.5. The van der Waals surface area contributed by atoms with E-state index in [2.05, 4.69) is 5.32 Å². The van der Waals surface area contributed by atoms with E-state index in [0.29, 0.717) is 34.8 Å². The maximum atomic E-state index is 13.8. The maximum absolute atomic E-state index is 13.8. The van der Waals surface area contributed by atoms with E-state index in [1.165, 1.54) is 24.3 Å². The van der Waals surface area contributed by atoms with Gasteiger partial charge in [-0.05, 0) is 67.8 Å². The van der Waals surface area contributed by atoms with Crippen molar-refractivity contribution in [2.24, 2.45) is 0 Å². The summed E-state index contributed by atoms with van der Waals surface area (Å²) in [6.45, 7) is 5.77. The van der Waals surface area contributed by atoms with E-state index in [0.717, 1.165) is 22.1 Å². The molecule has 0 spiro atoms. The molecular weight excluding hydrogens is 424 g/mol. The summed E-state index contributed by atoms with van der Waals surface area (Å²) < 4.78 is 38.7. The number of anilines is 1. The van der Waals surface area contributed by atoms with Gasteiger partial charge >= 0.3 is 0 Å². The predicted octanol–water partition coefficient (Wildman–Crippen LogP) is 7.13. The Bertz CT molecular complexity index is 1350. The lowest BCUT2D eigenvalue weighted by molar-refractivity contribution is -0.111. The van der Waals surface area contributed by atoms with E-state index in [4.69, 9.17) is 9.15 Å². The van der Waals surface area contributed by atoms with Crippen LogP contribution in [-0.2, 0) is 4.79 Å². The van der Waals surface area contributed by atoms with Gasteiger partial charge in [-0.3, -0.25) is 4.79 Å². The van der Waals surface area contributed by atoms with Crippen LogP contribution in [0, 0.1) is 18.6 Å². The van der Waals surface area contributed by atoms with E-state index >= 15 is 0 Å². The highest BCUT2D eigenvalue weighted by Crippen LogP contribution is 2.37. The number of hydrogen-bond acceptors (Lipinski definition) is 3. The maximum Gasteiger partial charge on any atom is 0.248 e. The number of rotatable bonds is 6. The van der Waals surface area contributed by atoms with Crippen molar-refractivity contribution in [1.29, 1.82) is 0 Å². The highest BCUT2D eigenvalue weighted by Gasteiger charge is 2.15. The third kappa shape index (κ3) is 4.80. The summed E-state index contributed by atoms with van der Waals surface area (Å²) in [4.78, 5) is 12.6. The molecule has 4 aromatic rings. The van der Waals surface area contributed by atoms with Gasteiger partial charge in [0.2, 0.25) is 5.91 Å². The van der Waals surface area contributed by atoms with Gasteiger partial charge in [0, 0.05) is 34.3 Å². The number of nitrogens with one attached hydrogen (secondary N) is 1. The SMILES string of the molecule is CCOc1cc2occ(-c3ccc(F)cc3)c2cc1/C(C)=C/C(=O)Nc1ccc(C)c(F)c1. The molecule has 0 bridgehead atoms. The normalized spacial score (nSPS) is 11.6. The predicted molar refractivity (Wildman–Crippen MR) is 126 cm³/mol. The van der Waals surface area contributed by atoms with Crippen LogP contribution in [0.25, 0.3) is 27.7 Å². The summed E-state index contributed by atoms with van der Waals surface area (Å²) in [5.41, 5.74) is 4.50. The summed E-state index contributed by atoms with van der Waals surface area (Å²) in [5.74, 6) is -0.507. The second kappa shape index (κ2) is 9.28. The first-order valence-corrected chi connectivity index (χ1v) is 10.6. The lowest BCUT2D eigenvalue weighted by Crippen LogP contribution is -2.09. The summed E-state index contributed by atoms with van der Waals surface area (Å²) in [5, 5.41) is 3.50. The minimum Gasteiger partial charge on any atom is -0.493 e. The van der Waals surface area contributed by atoms with E-state index in [-0.39, 0.29) is 17.5 Å². The number of furan rings is 1. The molecule has 0 fully saturated rings. The van der Waals surface area contributed by atoms with Crippen molar-refractivity contribution in [1.82, 2.24) is 0 Å². The van der Waals surface area contributed by atoms with Crippen LogP contribution in [0.1, 0.15) is 25.0 Å². The van der Waals surface area contributed by atoms with Gasteiger partial charge in [0.1, 0.15) is 23.0 Å². The van der Waals surface area contributed by atoms with Crippen LogP contribution < -0.4 is 10.1 Å². The van der Waals surface area contributed by atoms with Crippen molar-refractivity contribution < 1.29 is 22.7 Å². The average Bonchev–Trinajstić information content (AvgIpc) is 3.19. The van der Waals surface area contributed by atoms with Crippen molar-refractivity contribution in [2.75, 3.05) is 11.9 Å². The Balaban J connectivity index is 1.71. The third-order valence-corrected chi connectivity index (χ3v) is 5.34. The molecule has 0 saturated heterocycles. The average molecular weight is 447 g/mol. The zero-order chi connectivity index (χ0) is 23.5. The first kappa shape index (κ1) is 22.3. The van der Waals surface area contributed by atoms with Gasteiger partial charge in [-0.25, -0.2) is 8.78 Å². The Kier molecular flexibility index (Phi) is 6.27. The molecule has 4 nitrogen and oxygen atoms in total. The lowest BCUT2D eigenvalue weighted by atomic mass is 9.99. The van der Waals surface area contributed by atoms with Crippen molar-refractivity contribution in [3.05, 3.63) is 89.7 Å². The number of hydrogen-bond donors (Lipinski definition) is 1. The molecule has 0 aliphatic heterocycles. The molecule has 1 amide bonds. The van der Waals surface area contributed by atoms with Gasteiger partial charge < -0.3 is 14.5 Å². The number of allylic oxidation sites excluding steroid dienone is 1. The third-order valence-electron chi connectivity index (χ3n) is 5.34. The molecule has 168 valence electrons. The lowest BCUT2D eigenvalue weighted by Gasteiger charge is -2.12. The zero-order valence-electron chi connectivity index (χ0n) is 18.5. The Morgan fingerprint density at radius 1 is 1.09 bits per heavy atom. The largest absolute Gasteiger partial charge is 0.493 e. The van der Waals surface area contributed by atoms with E-state index in [9.17, 15) is 13.6 Å². The molecule has 1 N–H and O–H groups in total. The van der Waals surface area contributed by atoms with Gasteiger partial charge in [-0.15, -0.1) is 0 Å². The number of fused-ring (bicyclic) bond motifs is 1. The fourth-order valence-electron chi connectivity index (χ4n) is 3.61. The molecule has 4 rings (SSSR count). The fraction of sp³-hybridized carbons (Fsp3) is 0.148. The van der Waals surface area contributed by atoms with E-state index in [1.54, 1.807) is 50.4 Å². The highest BCUT2D eigenvalue weighted by atomic mass is 19.1. The first-order valence-electron chi connectivity index (χ1n) is 10.6. The van der Waals surface area contributed by atoms with Crippen LogP contribution in [0.15, 0.2) is 71.4 Å². The number of carbonyl (C=O) groups excluding carboxylic acids is 1. The molecule has 0 unspecified atom stereocenters. The first-order chi connectivity index (χ1) is 15.9. The highest BCUT2D eigenvalue weighted by molar-refractivity contribution is 6.05. The van der Waals surface area contributed by atoms with E-state index in [1.807, 2.05) is 13.0 Å². The number of benzene rings is 3. The molecule has 0 radical (unpaired) electrons. The number of carbonyl (C=O) groups is 1. The van der Waals surface area contributed by atoms with Crippen LogP contribution >= 0.6 is 0 Å². The number of ether oxygens (including phenoxy) is 1. The summed E-state index contributed by atoms with van der Waals surface area (Å²) in [6.07, 6.45) is 3.06. The molecule has 0 aliphatic rings. The van der Waals surface area contributed by atoms with Crippen LogP contribution in [0.4, 0.5) is 14.5 Å². The number of amides is 1. The molecule has 6 heteroatoms. The van der Waals surface area contributed by atoms with Crippen molar-refractivity contribution in [3.63, 3.8) is 0 Å². The van der Waals surface area contributed by atoms with Crippen LogP contribution in [-0.4, -0.2) is 12.5 Å². The minimum atomic E-state index is -0.385. The van der Waals surface area contributed by atoms with Crippen molar-refractivity contribution in [2.45, 2.75) is 20.8 Å². The summed E-state index contributed by atoms with van der Waals surface area (Å²) >= 11 is 0. The molecule has 0 atom stereocenters. The quantitative estimate of drug-likeness (QED) is 0.320. The smallest absolute Gasteiger partial charge is 0.248 e. The van der Waals surface area contributed by atoms with Crippen molar-refractivity contribution in [3.8, 4) is 16.9 Å². The second-order valence-electron chi connectivity index (χ2n) is 7.71. The minimum absolute atomic E-state index is 0.316. The van der Waals surface area contributed by atoms with E-state index < -0.39 is 0 Å². The molecule has 0 saturated carbocycles. The molecule has 0 aliphatic carbocycles. The van der Waals surface area contributed by atoms with Gasteiger partial charge in [-0.1, -0.05) is 18.2 Å². The molecule has 1 aromatic heterocycles. The van der Waals surface area contributed by atoms with Gasteiger partial charge in [0.05, 0.1) is 12.9 Å². The Morgan fingerprint density at radius 2 is 1.85 bits per heavy atom. The number of halogens is 2. The van der Waals surface area contributed by atoms with Crippen molar-refractivity contribution >= 4 is 28.1 Å². The molecule has 1 heterocycles. The van der Waals surface area contributed by atoms with Crippen LogP contribution in [0.2, 0.25) is 0 Å². The molecular formula is C27H23F2NO3. The van der Waals surface area contributed by atoms with Gasteiger partial charge in [0.25, 0.3) is 0 Å². The molecule has 33 heavy (non-hydrogen) atoms. The summed E-state index contributed by atoms with van der Waals surface area (Å²) in [6, 6.07) is 14.4. The summed E-state index contributed by atoms with van der Waals surface area (Å²) in [7, 11) is 0. The molecule has 3 aromatic carbocycles. The van der Waals surface area contributed by atoms with Gasteiger partial charge in [-0.2, -0.15) is 0 Å². The Labute approximate surface area is 190 Å². The van der Waals surface area contributed by atoms with Gasteiger partial charge in [0.15, 0.2) is 0 Å². The van der Waals surface area contributed by atoms with Crippen LogP contribution in [0.3, 0.4) is 0 Å².